The van der Waals surface area contributed by atoms with Crippen molar-refractivity contribution in [1.82, 2.24) is 0 Å². The Labute approximate surface area is 329 Å². The Kier molecular flexibility index (Phi) is 7.48. The van der Waals surface area contributed by atoms with E-state index in [2.05, 4.69) is 9.69 Å². The van der Waals surface area contributed by atoms with E-state index >= 15 is 0 Å². The number of rotatable bonds is 2. The van der Waals surface area contributed by atoms with Crippen LogP contribution >= 0.6 is 45.3 Å². The molecule has 0 N–H and O–H groups in total. The molecule has 0 amide bonds. The number of ketones is 2. The van der Waals surface area contributed by atoms with Crippen LogP contribution in [0.25, 0.3) is 49.4 Å². The van der Waals surface area contributed by atoms with Crippen LogP contribution in [-0.2, 0) is 5.60 Å². The van der Waals surface area contributed by atoms with Crippen LogP contribution in [0.4, 0.5) is 10.0 Å². The minimum absolute atomic E-state index is 0.102. The molecule has 0 saturated heterocycles. The highest BCUT2D eigenvalue weighted by Crippen LogP contribution is 2.63. The number of aliphatic imine (C=N–C) groups is 2. The van der Waals surface area contributed by atoms with E-state index in [-0.39, 0.29) is 45.5 Å². The average Bonchev–Trinajstić information content (AvgIpc) is 4.04. The Bertz CT molecular complexity index is 3060. The molecule has 0 bridgehead atoms. The van der Waals surface area contributed by atoms with Gasteiger partial charge >= 0.3 is 0 Å². The average molecular weight is 785 g/mol. The van der Waals surface area contributed by atoms with Crippen molar-refractivity contribution in [2.75, 3.05) is 0 Å². The van der Waals surface area contributed by atoms with Gasteiger partial charge in [-0.2, -0.15) is 0 Å². The number of nitriles is 2. The van der Waals surface area contributed by atoms with Crippen LogP contribution in [0.1, 0.15) is 69.5 Å². The van der Waals surface area contributed by atoms with Crippen LogP contribution in [0.2, 0.25) is 0 Å². The molecule has 13 heteroatoms. The van der Waals surface area contributed by atoms with Gasteiger partial charge in [-0.05, 0) is 48.9 Å². The summed E-state index contributed by atoms with van der Waals surface area (Å²) in [5.41, 5.74) is 3.01. The fraction of sp³-hybridized carbons (Fsp3) is 0.143. The van der Waals surface area contributed by atoms with E-state index in [4.69, 9.17) is 27.9 Å². The maximum absolute atomic E-state index is 13.6. The molecule has 1 spiro atoms. The molecule has 1 aliphatic heterocycles. The van der Waals surface area contributed by atoms with Crippen molar-refractivity contribution >= 4 is 108 Å². The highest BCUT2D eigenvalue weighted by Gasteiger charge is 2.47. The number of allylic oxidation sites excluding steroid dienone is 4. The Morgan fingerprint density at radius 2 is 1.18 bits per heavy atom. The zero-order valence-electron chi connectivity index (χ0n) is 28.4. The van der Waals surface area contributed by atoms with Crippen LogP contribution in [-0.4, -0.2) is 23.0 Å². The van der Waals surface area contributed by atoms with Crippen LogP contribution < -0.4 is 4.74 Å². The predicted octanol–water partition coefficient (Wildman–Crippen LogP) is 11.7. The summed E-state index contributed by atoms with van der Waals surface area (Å²) in [5.74, 6) is 0.215. The molecule has 5 heterocycles. The number of Topliss-reactive ketones (excluding diaryl/α,β-unsaturated/α-hetero) is 2. The molecule has 0 atom stereocenters. The summed E-state index contributed by atoms with van der Waals surface area (Å²) in [5, 5.41) is 20.8. The highest BCUT2D eigenvalue weighted by atomic mass is 32.1. The van der Waals surface area contributed by atoms with Crippen LogP contribution in [0.15, 0.2) is 82.0 Å². The van der Waals surface area contributed by atoms with Crippen molar-refractivity contribution in [2.24, 2.45) is 9.98 Å². The molecule has 6 aromatic rings. The van der Waals surface area contributed by atoms with Crippen molar-refractivity contribution < 1.29 is 14.3 Å². The van der Waals surface area contributed by atoms with E-state index in [0.717, 1.165) is 72.0 Å². The molecular formula is C42H20N6O3S4. The number of carbonyl (C=O) groups is 2. The maximum Gasteiger partial charge on any atom is 0.271 e. The fourth-order valence-electron chi connectivity index (χ4n) is 8.10. The third-order valence-electron chi connectivity index (χ3n) is 10.4. The number of nitrogens with zero attached hydrogens (tertiary/aromatic N) is 6. The summed E-state index contributed by atoms with van der Waals surface area (Å²) in [6.45, 7) is 15.2. The molecular weight excluding hydrogens is 765 g/mol. The molecule has 9 nitrogen and oxygen atoms in total. The Hall–Kier alpha value is -6.32. The van der Waals surface area contributed by atoms with E-state index in [1.807, 2.05) is 24.3 Å². The fourth-order valence-corrected chi connectivity index (χ4v) is 13.3. The Morgan fingerprint density at radius 1 is 0.691 bits per heavy atom. The first-order valence-corrected chi connectivity index (χ1v) is 20.5. The van der Waals surface area contributed by atoms with Gasteiger partial charge in [0.05, 0.1) is 49.1 Å². The molecule has 1 fully saturated rings. The van der Waals surface area contributed by atoms with Gasteiger partial charge in [0.2, 0.25) is 11.6 Å². The number of hydrogen-bond acceptors (Lipinski definition) is 11. The SMILES string of the molecule is [C-]#[N+]/C(C#N)=C1\C(=N\c2cc3sc4c(c3s2)OC2(CCCCC2)c2c-4sc3cc(/N=C4\C(=O)c5ccccc5\C4=C(\C#N)[N+]#[C-])sc23)C(=O)c2ccccc21. The van der Waals surface area contributed by atoms with Gasteiger partial charge in [-0.3, -0.25) is 9.59 Å². The summed E-state index contributed by atoms with van der Waals surface area (Å²) >= 11 is 6.25. The quantitative estimate of drug-likeness (QED) is 0.128. The summed E-state index contributed by atoms with van der Waals surface area (Å²) in [4.78, 5) is 45.9. The van der Waals surface area contributed by atoms with E-state index in [1.165, 1.54) is 22.7 Å². The monoisotopic (exact) mass is 784 g/mol. The second-order valence-electron chi connectivity index (χ2n) is 13.3. The van der Waals surface area contributed by atoms with E-state index < -0.39 is 5.60 Å². The molecule has 4 aliphatic rings. The minimum Gasteiger partial charge on any atom is -0.479 e. The lowest BCUT2D eigenvalue weighted by molar-refractivity contribution is 0.0282. The molecule has 1 saturated carbocycles. The molecule has 260 valence electrons. The van der Waals surface area contributed by atoms with E-state index in [0.29, 0.717) is 32.3 Å². The van der Waals surface area contributed by atoms with E-state index in [9.17, 15) is 20.1 Å². The first-order chi connectivity index (χ1) is 26.9. The second-order valence-corrected chi connectivity index (χ2v) is 17.5. The Morgan fingerprint density at radius 3 is 1.71 bits per heavy atom. The van der Waals surface area contributed by atoms with Gasteiger partial charge in [-0.25, -0.2) is 30.2 Å². The zero-order valence-corrected chi connectivity index (χ0v) is 31.6. The van der Waals surface area contributed by atoms with E-state index in [1.54, 1.807) is 71.2 Å². The van der Waals surface area contributed by atoms with Gasteiger partial charge in [-0.1, -0.05) is 55.0 Å². The number of thiophene rings is 4. The number of benzene rings is 2. The summed E-state index contributed by atoms with van der Waals surface area (Å²) < 4.78 is 11.2. The first kappa shape index (κ1) is 33.3. The summed E-state index contributed by atoms with van der Waals surface area (Å²) in [6, 6.07) is 21.9. The molecule has 3 aliphatic carbocycles. The lowest BCUT2D eigenvalue weighted by Crippen LogP contribution is -2.37. The molecule has 55 heavy (non-hydrogen) atoms. The number of ether oxygens (including phenoxy) is 1. The highest BCUT2D eigenvalue weighted by molar-refractivity contribution is 7.36. The predicted molar refractivity (Wildman–Crippen MR) is 218 cm³/mol. The molecule has 0 unspecified atom stereocenters. The van der Waals surface area contributed by atoms with Crippen molar-refractivity contribution in [3.63, 3.8) is 0 Å². The van der Waals surface area contributed by atoms with Crippen LogP contribution in [0.3, 0.4) is 0 Å². The largest absolute Gasteiger partial charge is 0.479 e. The zero-order chi connectivity index (χ0) is 37.6. The summed E-state index contributed by atoms with van der Waals surface area (Å²) in [6.07, 6.45) is 4.83. The third-order valence-corrected chi connectivity index (χ3v) is 15.2. The molecule has 2 aromatic carbocycles. The Balaban J connectivity index is 1.10. The van der Waals surface area contributed by atoms with Gasteiger partial charge in [0.25, 0.3) is 11.4 Å². The second kappa shape index (κ2) is 12.4. The smallest absolute Gasteiger partial charge is 0.271 e. The third kappa shape index (κ3) is 4.75. The van der Waals surface area contributed by atoms with Crippen molar-refractivity contribution in [3.05, 3.63) is 123 Å². The molecule has 4 aromatic heterocycles. The van der Waals surface area contributed by atoms with Crippen molar-refractivity contribution in [3.8, 4) is 27.6 Å². The number of hydrogen-bond donors (Lipinski definition) is 0. The number of fused-ring (bicyclic) bond motifs is 10. The minimum atomic E-state index is -0.559. The standard InChI is InChI=1S/C42H20N6O3S4/c1-45-24(18-43)30-20-10-4-6-12-22(20)35(49)33(30)47-28-16-26-38(54-28)32-40(52-26)41-37(51-42(32)14-8-3-9-15-42)39-27(53-41)17-29(55-39)48-34-31(25(19-44)46-2)21-11-5-7-13-23(21)36(34)50/h4-7,10-13,16-17H,3,8-9,14-15H2/b30-24+,31-25-,47-33-,48-34-. The lowest BCUT2D eigenvalue weighted by atomic mass is 9.78. The van der Waals surface area contributed by atoms with Crippen LogP contribution in [0.5, 0.6) is 5.75 Å². The maximum atomic E-state index is 13.6. The molecule has 10 rings (SSSR count). The van der Waals surface area contributed by atoms with Gasteiger partial charge in [0.15, 0.2) is 5.75 Å². The van der Waals surface area contributed by atoms with Crippen molar-refractivity contribution in [2.45, 2.75) is 37.7 Å². The summed E-state index contributed by atoms with van der Waals surface area (Å²) in [7, 11) is 0. The van der Waals surface area contributed by atoms with Crippen LogP contribution in [0, 0.1) is 35.8 Å². The lowest BCUT2D eigenvalue weighted by Gasteiger charge is -2.40. The topological polar surface area (TPSA) is 124 Å². The van der Waals surface area contributed by atoms with Gasteiger partial charge in [0.1, 0.15) is 27.0 Å². The molecule has 0 radical (unpaired) electrons. The van der Waals surface area contributed by atoms with Crippen molar-refractivity contribution in [1.29, 1.82) is 10.5 Å². The van der Waals surface area contributed by atoms with Gasteiger partial charge < -0.3 is 4.74 Å². The first-order valence-electron chi connectivity index (χ1n) is 17.2. The normalized spacial score (nSPS) is 19.7. The van der Waals surface area contributed by atoms with Gasteiger partial charge in [-0.15, -0.1) is 45.3 Å². The van der Waals surface area contributed by atoms with Gasteiger partial charge in [0, 0.05) is 32.5 Å². The number of carbonyl (C=O) groups excluding carboxylic acids is 2.